The van der Waals surface area contributed by atoms with Crippen molar-refractivity contribution in [2.24, 2.45) is 0 Å². The van der Waals surface area contributed by atoms with Crippen LogP contribution in [0.25, 0.3) is 0 Å². The number of hydrogen-bond acceptors (Lipinski definition) is 3. The molecule has 0 fully saturated rings. The molecule has 0 radical (unpaired) electrons. The molecule has 1 rings (SSSR count). The van der Waals surface area contributed by atoms with Gasteiger partial charge in [0.25, 0.3) is 0 Å². The van der Waals surface area contributed by atoms with E-state index in [-0.39, 0.29) is 11.3 Å². The second-order valence-corrected chi connectivity index (χ2v) is 5.56. The third kappa shape index (κ3) is 3.98. The SMILES string of the molecule is CCc1ccc(NC(=O)OC(C)(C)C)c(C(=O)O)c1C. The standard InChI is InChI=1S/C15H21NO4/c1-6-10-7-8-11(12(9(10)2)13(17)18)16-14(19)20-15(3,4)5/h7-8H,6H2,1-5H3,(H,16,19)(H,17,18). The van der Waals surface area contributed by atoms with Gasteiger partial charge in [-0.15, -0.1) is 0 Å². The second-order valence-electron chi connectivity index (χ2n) is 5.56. The summed E-state index contributed by atoms with van der Waals surface area (Å²) in [5.41, 5.74) is 1.33. The summed E-state index contributed by atoms with van der Waals surface area (Å²) in [6, 6.07) is 3.41. The lowest BCUT2D eigenvalue weighted by Gasteiger charge is -2.20. The number of amides is 1. The van der Waals surface area contributed by atoms with Crippen molar-refractivity contribution in [3.05, 3.63) is 28.8 Å². The summed E-state index contributed by atoms with van der Waals surface area (Å²) in [6.45, 7) is 8.93. The Morgan fingerprint density at radius 2 is 1.90 bits per heavy atom. The fourth-order valence-electron chi connectivity index (χ4n) is 1.93. The van der Waals surface area contributed by atoms with E-state index < -0.39 is 17.7 Å². The first-order chi connectivity index (χ1) is 9.15. The molecule has 0 unspecified atom stereocenters. The van der Waals surface area contributed by atoms with E-state index in [1.54, 1.807) is 33.8 Å². The summed E-state index contributed by atoms with van der Waals surface area (Å²) in [5, 5.41) is 11.8. The van der Waals surface area contributed by atoms with E-state index in [9.17, 15) is 14.7 Å². The molecule has 0 aromatic heterocycles. The van der Waals surface area contributed by atoms with Crippen molar-refractivity contribution in [1.82, 2.24) is 0 Å². The van der Waals surface area contributed by atoms with Gasteiger partial charge >= 0.3 is 12.1 Å². The van der Waals surface area contributed by atoms with Crippen LogP contribution in [0.2, 0.25) is 0 Å². The molecule has 2 N–H and O–H groups in total. The van der Waals surface area contributed by atoms with Gasteiger partial charge in [-0.3, -0.25) is 5.32 Å². The third-order valence-corrected chi connectivity index (χ3v) is 2.81. The Labute approximate surface area is 118 Å². The average Bonchev–Trinajstić information content (AvgIpc) is 2.25. The van der Waals surface area contributed by atoms with Crippen LogP contribution >= 0.6 is 0 Å². The molecular formula is C15H21NO4. The van der Waals surface area contributed by atoms with Crippen LogP contribution in [0.1, 0.15) is 49.2 Å². The van der Waals surface area contributed by atoms with E-state index >= 15 is 0 Å². The predicted octanol–water partition coefficient (Wildman–Crippen LogP) is 3.60. The zero-order chi connectivity index (χ0) is 15.5. The van der Waals surface area contributed by atoms with E-state index in [0.29, 0.717) is 5.56 Å². The molecular weight excluding hydrogens is 258 g/mol. The largest absolute Gasteiger partial charge is 0.478 e. The Kier molecular flexibility index (Phi) is 4.76. The van der Waals surface area contributed by atoms with Crippen LogP contribution in [0, 0.1) is 6.92 Å². The smallest absolute Gasteiger partial charge is 0.412 e. The first-order valence-electron chi connectivity index (χ1n) is 6.51. The molecule has 0 bridgehead atoms. The van der Waals surface area contributed by atoms with Crippen molar-refractivity contribution in [3.8, 4) is 0 Å². The summed E-state index contributed by atoms with van der Waals surface area (Å²) < 4.78 is 5.13. The van der Waals surface area contributed by atoms with Gasteiger partial charge in [0.15, 0.2) is 0 Å². The van der Waals surface area contributed by atoms with Crippen LogP contribution in [0.5, 0.6) is 0 Å². The maximum Gasteiger partial charge on any atom is 0.412 e. The quantitative estimate of drug-likeness (QED) is 0.886. The van der Waals surface area contributed by atoms with Gasteiger partial charge in [0.05, 0.1) is 11.3 Å². The summed E-state index contributed by atoms with van der Waals surface area (Å²) in [7, 11) is 0. The number of anilines is 1. The number of carboxylic acid groups (broad SMARTS) is 1. The number of hydrogen-bond donors (Lipinski definition) is 2. The fraction of sp³-hybridized carbons (Fsp3) is 0.467. The van der Waals surface area contributed by atoms with Gasteiger partial charge in [0.2, 0.25) is 0 Å². The molecule has 5 heteroatoms. The van der Waals surface area contributed by atoms with Crippen molar-refractivity contribution in [2.45, 2.75) is 46.6 Å². The Bertz CT molecular complexity index is 529. The number of carbonyl (C=O) groups excluding carboxylic acids is 1. The van der Waals surface area contributed by atoms with Gasteiger partial charge < -0.3 is 9.84 Å². The van der Waals surface area contributed by atoms with Crippen LogP contribution in [-0.2, 0) is 11.2 Å². The molecule has 1 amide bonds. The highest BCUT2D eigenvalue weighted by Gasteiger charge is 2.20. The lowest BCUT2D eigenvalue weighted by atomic mass is 9.99. The van der Waals surface area contributed by atoms with Crippen LogP contribution in [-0.4, -0.2) is 22.8 Å². The third-order valence-electron chi connectivity index (χ3n) is 2.81. The lowest BCUT2D eigenvalue weighted by Crippen LogP contribution is -2.28. The summed E-state index contributed by atoms with van der Waals surface area (Å²) in [6.07, 6.45) is 0.0717. The lowest BCUT2D eigenvalue weighted by molar-refractivity contribution is 0.0636. The molecule has 0 aliphatic rings. The van der Waals surface area contributed by atoms with E-state index in [2.05, 4.69) is 5.32 Å². The van der Waals surface area contributed by atoms with E-state index in [4.69, 9.17) is 4.74 Å². The van der Waals surface area contributed by atoms with Crippen molar-refractivity contribution in [3.63, 3.8) is 0 Å². The van der Waals surface area contributed by atoms with Gasteiger partial charge in [-0.25, -0.2) is 9.59 Å². The molecule has 20 heavy (non-hydrogen) atoms. The van der Waals surface area contributed by atoms with Crippen LogP contribution < -0.4 is 5.32 Å². The van der Waals surface area contributed by atoms with Crippen molar-refractivity contribution >= 4 is 17.7 Å². The molecule has 110 valence electrons. The minimum absolute atomic E-state index is 0.107. The van der Waals surface area contributed by atoms with Crippen LogP contribution in [0.4, 0.5) is 10.5 Å². The fourth-order valence-corrected chi connectivity index (χ4v) is 1.93. The molecule has 0 atom stereocenters. The van der Waals surface area contributed by atoms with Crippen molar-refractivity contribution < 1.29 is 19.4 Å². The Balaban J connectivity index is 3.10. The number of aromatic carboxylic acids is 1. The molecule has 1 aromatic rings. The van der Waals surface area contributed by atoms with Crippen LogP contribution in [0.15, 0.2) is 12.1 Å². The molecule has 0 aliphatic heterocycles. The Morgan fingerprint density at radius 3 is 2.35 bits per heavy atom. The first kappa shape index (κ1) is 16.0. The summed E-state index contributed by atoms with van der Waals surface area (Å²) in [5.74, 6) is -1.07. The Morgan fingerprint density at radius 1 is 1.30 bits per heavy atom. The van der Waals surface area contributed by atoms with Crippen molar-refractivity contribution in [1.29, 1.82) is 0 Å². The number of carbonyl (C=O) groups is 2. The average molecular weight is 279 g/mol. The topological polar surface area (TPSA) is 75.6 Å². The maximum absolute atomic E-state index is 11.7. The highest BCUT2D eigenvalue weighted by molar-refractivity contribution is 6.00. The van der Waals surface area contributed by atoms with E-state index in [0.717, 1.165) is 12.0 Å². The monoisotopic (exact) mass is 279 g/mol. The molecule has 5 nitrogen and oxygen atoms in total. The summed E-state index contributed by atoms with van der Waals surface area (Å²) >= 11 is 0. The Hall–Kier alpha value is -2.04. The van der Waals surface area contributed by atoms with E-state index in [1.165, 1.54) is 0 Å². The molecule has 0 saturated heterocycles. The first-order valence-corrected chi connectivity index (χ1v) is 6.51. The molecule has 0 aliphatic carbocycles. The molecule has 0 saturated carbocycles. The molecule has 0 heterocycles. The molecule has 0 spiro atoms. The second kappa shape index (κ2) is 5.94. The maximum atomic E-state index is 11.7. The van der Waals surface area contributed by atoms with Gasteiger partial charge in [0.1, 0.15) is 5.60 Å². The number of aryl methyl sites for hydroxylation is 1. The zero-order valence-electron chi connectivity index (χ0n) is 12.5. The van der Waals surface area contributed by atoms with Gasteiger partial charge in [-0.1, -0.05) is 13.0 Å². The minimum Gasteiger partial charge on any atom is -0.478 e. The van der Waals surface area contributed by atoms with Gasteiger partial charge in [-0.05, 0) is 51.3 Å². The highest BCUT2D eigenvalue weighted by atomic mass is 16.6. The number of carboxylic acids is 1. The van der Waals surface area contributed by atoms with Gasteiger partial charge in [-0.2, -0.15) is 0 Å². The predicted molar refractivity (Wildman–Crippen MR) is 77.4 cm³/mol. The molecule has 1 aromatic carbocycles. The highest BCUT2D eigenvalue weighted by Crippen LogP contribution is 2.24. The van der Waals surface area contributed by atoms with Gasteiger partial charge in [0, 0.05) is 0 Å². The number of benzene rings is 1. The number of nitrogens with one attached hydrogen (secondary N) is 1. The summed E-state index contributed by atoms with van der Waals surface area (Å²) in [4.78, 5) is 23.1. The van der Waals surface area contributed by atoms with E-state index in [1.807, 2.05) is 13.0 Å². The van der Waals surface area contributed by atoms with Crippen molar-refractivity contribution in [2.75, 3.05) is 5.32 Å². The number of rotatable bonds is 3. The normalized spacial score (nSPS) is 11.1. The minimum atomic E-state index is -1.07. The number of ether oxygens (including phenoxy) is 1. The zero-order valence-corrected chi connectivity index (χ0v) is 12.5. The van der Waals surface area contributed by atoms with Crippen LogP contribution in [0.3, 0.4) is 0 Å².